The van der Waals surface area contributed by atoms with Crippen LogP contribution in [-0.2, 0) is 4.79 Å². The monoisotopic (exact) mass is 154 g/mol. The van der Waals surface area contributed by atoms with Crippen LogP contribution in [0.25, 0.3) is 0 Å². The molecule has 0 saturated carbocycles. The van der Waals surface area contributed by atoms with Crippen molar-refractivity contribution in [3.8, 4) is 0 Å². The lowest BCUT2D eigenvalue weighted by Gasteiger charge is -2.16. The van der Waals surface area contributed by atoms with Gasteiger partial charge in [0.1, 0.15) is 6.29 Å². The zero-order chi connectivity index (χ0) is 8.74. The van der Waals surface area contributed by atoms with Crippen molar-refractivity contribution in [2.45, 2.75) is 40.0 Å². The Kier molecular flexibility index (Phi) is 4.84. The van der Waals surface area contributed by atoms with Crippen molar-refractivity contribution in [2.75, 3.05) is 0 Å². The van der Waals surface area contributed by atoms with Crippen molar-refractivity contribution in [1.82, 2.24) is 0 Å². The van der Waals surface area contributed by atoms with Crippen LogP contribution in [0.4, 0.5) is 0 Å². The number of carbonyl (C=O) groups excluding carboxylic acids is 1. The number of aldehydes is 1. The molecular formula is C10H18O. The molecule has 0 rings (SSSR count). The van der Waals surface area contributed by atoms with Gasteiger partial charge in [0.2, 0.25) is 0 Å². The second-order valence-electron chi connectivity index (χ2n) is 4.02. The van der Waals surface area contributed by atoms with Crippen LogP contribution in [0.5, 0.6) is 0 Å². The van der Waals surface area contributed by atoms with Crippen LogP contribution < -0.4 is 0 Å². The highest BCUT2D eigenvalue weighted by Gasteiger charge is 2.07. The minimum atomic E-state index is 0.426. The third-order valence-electron chi connectivity index (χ3n) is 1.51. The molecular weight excluding hydrogens is 136 g/mol. The first-order valence-electron chi connectivity index (χ1n) is 4.16. The van der Waals surface area contributed by atoms with Gasteiger partial charge in [-0.2, -0.15) is 0 Å². The summed E-state index contributed by atoms with van der Waals surface area (Å²) < 4.78 is 0. The first kappa shape index (κ1) is 10.4. The van der Waals surface area contributed by atoms with Crippen molar-refractivity contribution < 1.29 is 4.79 Å². The van der Waals surface area contributed by atoms with Gasteiger partial charge in [-0.25, -0.2) is 0 Å². The van der Waals surface area contributed by atoms with Crippen LogP contribution in [0, 0.1) is 5.41 Å². The lowest BCUT2D eigenvalue weighted by Crippen LogP contribution is -2.03. The van der Waals surface area contributed by atoms with Crippen molar-refractivity contribution in [3.63, 3.8) is 0 Å². The summed E-state index contributed by atoms with van der Waals surface area (Å²) in [5, 5.41) is 0. The molecule has 0 aliphatic carbocycles. The van der Waals surface area contributed by atoms with Crippen molar-refractivity contribution in [2.24, 2.45) is 5.41 Å². The zero-order valence-corrected chi connectivity index (χ0v) is 7.76. The van der Waals surface area contributed by atoms with E-state index >= 15 is 0 Å². The summed E-state index contributed by atoms with van der Waals surface area (Å²) in [6, 6.07) is 0. The van der Waals surface area contributed by atoms with Gasteiger partial charge in [0.05, 0.1) is 0 Å². The van der Waals surface area contributed by atoms with Crippen LogP contribution >= 0.6 is 0 Å². The highest BCUT2D eigenvalue weighted by Crippen LogP contribution is 2.21. The van der Waals surface area contributed by atoms with Crippen molar-refractivity contribution in [3.05, 3.63) is 12.2 Å². The maximum absolute atomic E-state index is 9.88. The molecule has 0 amide bonds. The van der Waals surface area contributed by atoms with Gasteiger partial charge >= 0.3 is 0 Å². The standard InChI is InChI=1S/C10H18O/c1-10(2,3)8-6-4-5-7-9-11/h5,7,9H,4,6,8H2,1-3H3/b7-5+. The van der Waals surface area contributed by atoms with E-state index in [-0.39, 0.29) is 0 Å². The van der Waals surface area contributed by atoms with Gasteiger partial charge in [-0.1, -0.05) is 26.8 Å². The molecule has 0 atom stereocenters. The summed E-state index contributed by atoms with van der Waals surface area (Å²) in [4.78, 5) is 9.88. The number of rotatable bonds is 4. The molecule has 0 N–H and O–H groups in total. The van der Waals surface area contributed by atoms with E-state index in [1.54, 1.807) is 6.08 Å². The third kappa shape index (κ3) is 9.41. The van der Waals surface area contributed by atoms with E-state index in [9.17, 15) is 4.79 Å². The van der Waals surface area contributed by atoms with Crippen LogP contribution in [0.1, 0.15) is 40.0 Å². The topological polar surface area (TPSA) is 17.1 Å². The highest BCUT2D eigenvalue weighted by atomic mass is 16.1. The molecule has 0 radical (unpaired) electrons. The Morgan fingerprint density at radius 1 is 1.27 bits per heavy atom. The molecule has 0 aliphatic heterocycles. The highest BCUT2D eigenvalue weighted by molar-refractivity contribution is 5.64. The molecule has 0 saturated heterocycles. The summed E-state index contributed by atoms with van der Waals surface area (Å²) in [7, 11) is 0. The van der Waals surface area contributed by atoms with E-state index in [4.69, 9.17) is 0 Å². The average molecular weight is 154 g/mol. The molecule has 0 aliphatic rings. The normalized spacial score (nSPS) is 12.3. The average Bonchev–Trinajstić information content (AvgIpc) is 1.85. The van der Waals surface area contributed by atoms with Gasteiger partial charge in [-0.15, -0.1) is 0 Å². The molecule has 1 nitrogen and oxygen atoms in total. The Hall–Kier alpha value is -0.590. The second-order valence-corrected chi connectivity index (χ2v) is 4.02. The van der Waals surface area contributed by atoms with Gasteiger partial charge in [-0.3, -0.25) is 4.79 Å². The molecule has 0 bridgehead atoms. The molecule has 0 aromatic rings. The SMILES string of the molecule is CC(C)(C)CCC/C=C/C=O. The number of allylic oxidation sites excluding steroid dienone is 2. The second kappa shape index (κ2) is 5.11. The van der Waals surface area contributed by atoms with E-state index in [1.165, 1.54) is 12.8 Å². The molecule has 0 fully saturated rings. The van der Waals surface area contributed by atoms with Crippen molar-refractivity contribution in [1.29, 1.82) is 0 Å². The number of hydrogen-bond acceptors (Lipinski definition) is 1. The fourth-order valence-corrected chi connectivity index (χ4v) is 0.902. The van der Waals surface area contributed by atoms with Gasteiger partial charge in [0, 0.05) is 0 Å². The molecule has 1 heteroatoms. The first-order chi connectivity index (χ1) is 5.06. The summed E-state index contributed by atoms with van der Waals surface area (Å²) in [5.41, 5.74) is 0.426. The van der Waals surface area contributed by atoms with Crippen LogP contribution in [0.15, 0.2) is 12.2 Å². The Morgan fingerprint density at radius 2 is 1.91 bits per heavy atom. The lowest BCUT2D eigenvalue weighted by atomic mass is 9.90. The van der Waals surface area contributed by atoms with Gasteiger partial charge < -0.3 is 0 Å². The summed E-state index contributed by atoms with van der Waals surface area (Å²) in [5.74, 6) is 0. The van der Waals surface area contributed by atoms with Gasteiger partial charge in [-0.05, 0) is 30.8 Å². The minimum absolute atomic E-state index is 0.426. The molecule has 0 aromatic carbocycles. The van der Waals surface area contributed by atoms with Gasteiger partial charge in [0.25, 0.3) is 0 Å². The minimum Gasteiger partial charge on any atom is -0.299 e. The van der Waals surface area contributed by atoms with Crippen LogP contribution in [0.2, 0.25) is 0 Å². The molecule has 0 spiro atoms. The summed E-state index contributed by atoms with van der Waals surface area (Å²) >= 11 is 0. The quantitative estimate of drug-likeness (QED) is 0.345. The molecule has 0 heterocycles. The van der Waals surface area contributed by atoms with E-state index in [1.807, 2.05) is 6.08 Å². The van der Waals surface area contributed by atoms with E-state index < -0.39 is 0 Å². The molecule has 64 valence electrons. The maximum atomic E-state index is 9.88. The fourth-order valence-electron chi connectivity index (χ4n) is 0.902. The molecule has 11 heavy (non-hydrogen) atoms. The Balaban J connectivity index is 3.28. The third-order valence-corrected chi connectivity index (χ3v) is 1.51. The molecule has 0 unspecified atom stereocenters. The predicted octanol–water partition coefficient (Wildman–Crippen LogP) is 2.96. The largest absolute Gasteiger partial charge is 0.299 e. The number of hydrogen-bond donors (Lipinski definition) is 0. The van der Waals surface area contributed by atoms with Crippen LogP contribution in [0.3, 0.4) is 0 Å². The van der Waals surface area contributed by atoms with Crippen molar-refractivity contribution >= 4 is 6.29 Å². The van der Waals surface area contributed by atoms with Gasteiger partial charge in [0.15, 0.2) is 0 Å². The number of unbranched alkanes of at least 4 members (excludes halogenated alkanes) is 1. The molecule has 0 aromatic heterocycles. The first-order valence-corrected chi connectivity index (χ1v) is 4.16. The van der Waals surface area contributed by atoms with Crippen LogP contribution in [-0.4, -0.2) is 6.29 Å². The predicted molar refractivity (Wildman–Crippen MR) is 48.5 cm³/mol. The zero-order valence-electron chi connectivity index (χ0n) is 7.76. The number of carbonyl (C=O) groups is 1. The Labute approximate surface area is 69.5 Å². The fraction of sp³-hybridized carbons (Fsp3) is 0.700. The van der Waals surface area contributed by atoms with E-state index in [2.05, 4.69) is 20.8 Å². The lowest BCUT2D eigenvalue weighted by molar-refractivity contribution is -0.104. The summed E-state index contributed by atoms with van der Waals surface area (Å²) in [6.45, 7) is 6.70. The summed E-state index contributed by atoms with van der Waals surface area (Å²) in [6.07, 6.45) is 7.75. The van der Waals surface area contributed by atoms with E-state index in [0.717, 1.165) is 12.7 Å². The Morgan fingerprint density at radius 3 is 2.36 bits per heavy atom. The van der Waals surface area contributed by atoms with E-state index in [0.29, 0.717) is 5.41 Å². The Bertz CT molecular complexity index is 128. The maximum Gasteiger partial charge on any atom is 0.142 e. The smallest absolute Gasteiger partial charge is 0.142 e.